The van der Waals surface area contributed by atoms with Gasteiger partial charge in [0.05, 0.1) is 0 Å². The average molecular weight is 467 g/mol. The fourth-order valence-corrected chi connectivity index (χ4v) is 4.68. The molecule has 2 amide bonds. The van der Waals surface area contributed by atoms with Gasteiger partial charge in [0.25, 0.3) is 0 Å². The topological polar surface area (TPSA) is 105 Å². The molecule has 0 spiro atoms. The standard InChI is InChI=1S/C26H30N2O6/c1-26(2,3)34-25(32)28-13-12-16(14-22(28)23(29)30)27-24(31)33-15-21-19-10-6-4-8-17(19)18-9-5-7-11-20(18)21/h4-11,16,21-22H,12-15H2,1-3H3,(H,27,31)(H,29,30)/t16-,22-/m1/s1. The van der Waals surface area contributed by atoms with Crippen LogP contribution in [0.4, 0.5) is 9.59 Å². The summed E-state index contributed by atoms with van der Waals surface area (Å²) in [5.41, 5.74) is 3.80. The van der Waals surface area contributed by atoms with Crippen molar-refractivity contribution in [1.82, 2.24) is 10.2 Å². The number of carboxylic acids is 1. The largest absolute Gasteiger partial charge is 0.480 e. The molecule has 2 aromatic rings. The first-order chi connectivity index (χ1) is 16.1. The maximum atomic E-state index is 12.6. The Labute approximate surface area is 198 Å². The zero-order chi connectivity index (χ0) is 24.5. The number of likely N-dealkylation sites (tertiary alicyclic amines) is 1. The quantitative estimate of drug-likeness (QED) is 0.693. The van der Waals surface area contributed by atoms with Gasteiger partial charge in [-0.2, -0.15) is 0 Å². The molecule has 0 radical (unpaired) electrons. The number of hydrogen-bond acceptors (Lipinski definition) is 5. The van der Waals surface area contributed by atoms with E-state index in [9.17, 15) is 19.5 Å². The molecule has 1 aliphatic heterocycles. The highest BCUT2D eigenvalue weighted by Gasteiger charge is 2.39. The summed E-state index contributed by atoms with van der Waals surface area (Å²) in [6, 6.07) is 14.7. The highest BCUT2D eigenvalue weighted by molar-refractivity contribution is 5.81. The molecule has 8 heteroatoms. The summed E-state index contributed by atoms with van der Waals surface area (Å²) in [6.45, 7) is 5.53. The molecule has 0 saturated carbocycles. The van der Waals surface area contributed by atoms with Crippen molar-refractivity contribution in [2.24, 2.45) is 0 Å². The Balaban J connectivity index is 1.36. The Hall–Kier alpha value is -3.55. The van der Waals surface area contributed by atoms with E-state index in [-0.39, 0.29) is 25.5 Å². The van der Waals surface area contributed by atoms with Crippen molar-refractivity contribution in [2.75, 3.05) is 13.2 Å². The van der Waals surface area contributed by atoms with Crippen LogP contribution in [0.3, 0.4) is 0 Å². The highest BCUT2D eigenvalue weighted by atomic mass is 16.6. The van der Waals surface area contributed by atoms with Gasteiger partial charge in [-0.1, -0.05) is 48.5 Å². The second-order valence-corrected chi connectivity index (χ2v) is 9.72. The van der Waals surface area contributed by atoms with Crippen molar-refractivity contribution in [2.45, 2.75) is 57.2 Å². The van der Waals surface area contributed by atoms with Crippen molar-refractivity contribution >= 4 is 18.2 Å². The fraction of sp³-hybridized carbons (Fsp3) is 0.423. The third kappa shape index (κ3) is 5.00. The molecule has 4 rings (SSSR count). The van der Waals surface area contributed by atoms with E-state index in [0.717, 1.165) is 22.3 Å². The van der Waals surface area contributed by atoms with Crippen LogP contribution in [0.15, 0.2) is 48.5 Å². The van der Waals surface area contributed by atoms with Crippen LogP contribution < -0.4 is 5.32 Å². The maximum Gasteiger partial charge on any atom is 0.411 e. The van der Waals surface area contributed by atoms with Crippen LogP contribution in [0.5, 0.6) is 0 Å². The van der Waals surface area contributed by atoms with Gasteiger partial charge in [-0.05, 0) is 55.9 Å². The summed E-state index contributed by atoms with van der Waals surface area (Å²) in [5.74, 6) is -1.19. The van der Waals surface area contributed by atoms with Gasteiger partial charge in [0, 0.05) is 18.5 Å². The van der Waals surface area contributed by atoms with Gasteiger partial charge >= 0.3 is 18.2 Å². The normalized spacial score (nSPS) is 19.7. The van der Waals surface area contributed by atoms with E-state index in [4.69, 9.17) is 9.47 Å². The Morgan fingerprint density at radius 2 is 1.62 bits per heavy atom. The first-order valence-electron chi connectivity index (χ1n) is 11.5. The van der Waals surface area contributed by atoms with Crippen molar-refractivity contribution in [3.63, 3.8) is 0 Å². The van der Waals surface area contributed by atoms with E-state index in [1.165, 1.54) is 4.90 Å². The number of hydrogen-bond donors (Lipinski definition) is 2. The number of carboxylic acid groups (broad SMARTS) is 1. The minimum absolute atomic E-state index is 0.0565. The number of alkyl carbamates (subject to hydrolysis) is 1. The van der Waals surface area contributed by atoms with Crippen LogP contribution in [-0.2, 0) is 14.3 Å². The molecule has 1 fully saturated rings. The molecule has 0 bridgehead atoms. The second-order valence-electron chi connectivity index (χ2n) is 9.72. The predicted molar refractivity (Wildman–Crippen MR) is 126 cm³/mol. The summed E-state index contributed by atoms with van der Waals surface area (Å²) >= 11 is 0. The molecule has 1 heterocycles. The molecule has 8 nitrogen and oxygen atoms in total. The number of piperidine rings is 1. The van der Waals surface area contributed by atoms with Crippen LogP contribution in [0, 0.1) is 0 Å². The first-order valence-corrected chi connectivity index (χ1v) is 11.5. The molecule has 2 atom stereocenters. The molecule has 180 valence electrons. The monoisotopic (exact) mass is 466 g/mol. The SMILES string of the molecule is CC(C)(C)OC(=O)N1CC[C@@H](NC(=O)OCC2c3ccccc3-c3ccccc32)C[C@@H]1C(=O)O. The number of carbonyl (C=O) groups excluding carboxylic acids is 2. The van der Waals surface area contributed by atoms with Crippen LogP contribution in [0.25, 0.3) is 11.1 Å². The van der Waals surface area contributed by atoms with Crippen LogP contribution in [-0.4, -0.2) is 59.0 Å². The lowest BCUT2D eigenvalue weighted by atomic mass is 9.97. The summed E-state index contributed by atoms with van der Waals surface area (Å²) in [7, 11) is 0. The molecule has 2 aliphatic rings. The van der Waals surface area contributed by atoms with E-state index in [2.05, 4.69) is 17.4 Å². The summed E-state index contributed by atoms with van der Waals surface area (Å²) in [6.07, 6.45) is -0.771. The van der Waals surface area contributed by atoms with Crippen molar-refractivity contribution in [3.8, 4) is 11.1 Å². The van der Waals surface area contributed by atoms with E-state index in [1.807, 2.05) is 36.4 Å². The molecule has 34 heavy (non-hydrogen) atoms. The number of nitrogens with zero attached hydrogens (tertiary/aromatic N) is 1. The lowest BCUT2D eigenvalue weighted by Gasteiger charge is -2.37. The zero-order valence-electron chi connectivity index (χ0n) is 19.6. The molecule has 1 saturated heterocycles. The Morgan fingerprint density at radius 1 is 1.03 bits per heavy atom. The molecular formula is C26H30N2O6. The van der Waals surface area contributed by atoms with E-state index < -0.39 is 35.8 Å². The summed E-state index contributed by atoms with van der Waals surface area (Å²) in [5, 5.41) is 12.4. The van der Waals surface area contributed by atoms with Gasteiger partial charge in [0.15, 0.2) is 0 Å². The highest BCUT2D eigenvalue weighted by Crippen LogP contribution is 2.44. The molecule has 2 N–H and O–H groups in total. The van der Waals surface area contributed by atoms with Crippen molar-refractivity contribution in [1.29, 1.82) is 0 Å². The lowest BCUT2D eigenvalue weighted by Crippen LogP contribution is -2.55. The summed E-state index contributed by atoms with van der Waals surface area (Å²) in [4.78, 5) is 38.0. The number of rotatable bonds is 4. The second kappa shape index (κ2) is 9.37. The van der Waals surface area contributed by atoms with Gasteiger partial charge in [-0.15, -0.1) is 0 Å². The molecule has 1 aliphatic carbocycles. The molecule has 0 unspecified atom stereocenters. The van der Waals surface area contributed by atoms with Crippen molar-refractivity contribution < 1.29 is 29.0 Å². The van der Waals surface area contributed by atoms with Crippen LogP contribution in [0.2, 0.25) is 0 Å². The number of benzene rings is 2. The fourth-order valence-electron chi connectivity index (χ4n) is 4.68. The van der Waals surface area contributed by atoms with E-state index >= 15 is 0 Å². The number of ether oxygens (including phenoxy) is 2. The summed E-state index contributed by atoms with van der Waals surface area (Å²) < 4.78 is 10.9. The predicted octanol–water partition coefficient (Wildman–Crippen LogP) is 4.38. The van der Waals surface area contributed by atoms with Gasteiger partial charge in [0.2, 0.25) is 0 Å². The number of amides is 2. The minimum Gasteiger partial charge on any atom is -0.480 e. The van der Waals surface area contributed by atoms with Crippen LogP contribution >= 0.6 is 0 Å². The number of aliphatic carboxylic acids is 1. The van der Waals surface area contributed by atoms with Crippen molar-refractivity contribution in [3.05, 3.63) is 59.7 Å². The van der Waals surface area contributed by atoms with Crippen LogP contribution in [0.1, 0.15) is 50.7 Å². The van der Waals surface area contributed by atoms with Gasteiger partial charge in [-0.3, -0.25) is 4.90 Å². The third-order valence-corrected chi connectivity index (χ3v) is 6.18. The Kier molecular flexibility index (Phi) is 6.50. The maximum absolute atomic E-state index is 12.6. The van der Waals surface area contributed by atoms with Gasteiger partial charge < -0.3 is 19.9 Å². The molecular weight excluding hydrogens is 436 g/mol. The molecule has 2 aromatic carbocycles. The number of nitrogens with one attached hydrogen (secondary N) is 1. The number of carbonyl (C=O) groups is 3. The van der Waals surface area contributed by atoms with Gasteiger partial charge in [-0.25, -0.2) is 14.4 Å². The van der Waals surface area contributed by atoms with E-state index in [1.54, 1.807) is 20.8 Å². The minimum atomic E-state index is -1.13. The Morgan fingerprint density at radius 3 is 2.18 bits per heavy atom. The lowest BCUT2D eigenvalue weighted by molar-refractivity contribution is -0.144. The van der Waals surface area contributed by atoms with Gasteiger partial charge in [0.1, 0.15) is 18.2 Å². The third-order valence-electron chi connectivity index (χ3n) is 6.18. The first kappa shape index (κ1) is 23.6. The number of fused-ring (bicyclic) bond motifs is 3. The average Bonchev–Trinajstić information content (AvgIpc) is 3.10. The Bertz CT molecular complexity index is 1050. The molecule has 0 aromatic heterocycles. The smallest absolute Gasteiger partial charge is 0.411 e. The van der Waals surface area contributed by atoms with E-state index in [0.29, 0.717) is 6.42 Å². The zero-order valence-corrected chi connectivity index (χ0v) is 19.6.